The Bertz CT molecular complexity index is 2810. The first-order valence-electron chi connectivity index (χ1n) is 22.0. The van der Waals surface area contributed by atoms with Gasteiger partial charge in [-0.3, -0.25) is 9.59 Å². The number of sulfone groups is 1. The third-order valence-electron chi connectivity index (χ3n) is 11.2. The smallest absolute Gasteiger partial charge is 0.327 e. The Labute approximate surface area is 396 Å². The third kappa shape index (κ3) is 12.1. The Balaban J connectivity index is 1.05. The van der Waals surface area contributed by atoms with E-state index in [2.05, 4.69) is 0 Å². The minimum Gasteiger partial charge on any atom is -0.507 e. The molecule has 0 aliphatic rings. The van der Waals surface area contributed by atoms with E-state index in [1.807, 2.05) is 123 Å². The molecule has 1 aromatic heterocycles. The summed E-state index contributed by atoms with van der Waals surface area (Å²) >= 11 is 6.76. The van der Waals surface area contributed by atoms with Gasteiger partial charge in [-0.05, 0) is 80.1 Å². The molecule has 0 fully saturated rings. The number of benzene rings is 6. The molecule has 1 N–H and O–H groups in total. The second-order valence-electron chi connectivity index (χ2n) is 16.9. The molecule has 1 heterocycles. The first-order valence-corrected chi connectivity index (χ1v) is 24.0. The number of halogens is 1. The second-order valence-corrected chi connectivity index (χ2v) is 19.7. The van der Waals surface area contributed by atoms with Crippen LogP contribution >= 0.6 is 11.6 Å². The molecule has 2 atom stereocenters. The maximum Gasteiger partial charge on any atom is 0.327 e. The average molecular weight is 939 g/mol. The maximum atomic E-state index is 13.6. The number of aryl methyl sites for hydroxylation is 1. The van der Waals surface area contributed by atoms with Gasteiger partial charge >= 0.3 is 11.9 Å². The second kappa shape index (κ2) is 21.2. The fraction of sp³-hybridized carbons (Fsp3) is 0.241. The fourth-order valence-corrected chi connectivity index (χ4v) is 9.72. The molecule has 7 aromatic rings. The summed E-state index contributed by atoms with van der Waals surface area (Å²) in [4.78, 5) is 39.6. The van der Waals surface area contributed by atoms with E-state index in [9.17, 15) is 23.1 Å². The van der Waals surface area contributed by atoms with Crippen molar-refractivity contribution in [3.63, 3.8) is 0 Å². The van der Waals surface area contributed by atoms with E-state index in [1.165, 1.54) is 32.0 Å². The summed E-state index contributed by atoms with van der Waals surface area (Å²) in [5, 5.41) is 11.4. The van der Waals surface area contributed by atoms with E-state index in [-0.39, 0.29) is 48.5 Å². The van der Waals surface area contributed by atoms with Crippen LogP contribution in [0.5, 0.6) is 11.5 Å². The molecular formula is C54H52ClN3O8S. The zero-order valence-corrected chi connectivity index (χ0v) is 39.4. The Kier molecular flexibility index (Phi) is 15.2. The van der Waals surface area contributed by atoms with Gasteiger partial charge in [0.05, 0.1) is 28.2 Å². The van der Waals surface area contributed by atoms with Crippen molar-refractivity contribution in [1.29, 1.82) is 0 Å². The molecule has 67 heavy (non-hydrogen) atoms. The van der Waals surface area contributed by atoms with Gasteiger partial charge in [-0.1, -0.05) is 140 Å². The number of phenols is 1. The number of carbonyl (C=O) groups is 2. The van der Waals surface area contributed by atoms with Crippen molar-refractivity contribution in [3.8, 4) is 67.9 Å². The molecule has 2 unspecified atom stereocenters. The van der Waals surface area contributed by atoms with E-state index in [0.717, 1.165) is 45.4 Å². The highest BCUT2D eigenvalue weighted by atomic mass is 35.5. The molecule has 6 aromatic carbocycles. The predicted molar refractivity (Wildman–Crippen MR) is 261 cm³/mol. The van der Waals surface area contributed by atoms with E-state index in [1.54, 1.807) is 24.3 Å². The number of unbranched alkanes of at least 4 members (excludes halogenated alkanes) is 1. The Morgan fingerprint density at radius 2 is 1.10 bits per heavy atom. The number of aromatic nitrogens is 3. The molecular weight excluding hydrogens is 886 g/mol. The van der Waals surface area contributed by atoms with Crippen LogP contribution in [0, 0.1) is 12.3 Å². The first kappa shape index (κ1) is 48.1. The van der Waals surface area contributed by atoms with E-state index in [0.29, 0.717) is 23.6 Å². The summed E-state index contributed by atoms with van der Waals surface area (Å²) in [6.45, 7) is 6.32. The number of esters is 2. The SMILES string of the molecule is CCCCOC(=O)C(C)(CC(C)(Cl)C(=O)OCCOc1ccc(-c2nc(-c3ccc(-c4ccccc4)cc3)nc(-c3ccc(-c4ccccc4)cc3)n2)c(O)c1)CS(=O)(=O)c1ccc(C)cc1. The quantitative estimate of drug-likeness (QED) is 0.0468. The van der Waals surface area contributed by atoms with Gasteiger partial charge < -0.3 is 19.3 Å². The lowest BCUT2D eigenvalue weighted by molar-refractivity contribution is -0.156. The van der Waals surface area contributed by atoms with Crippen LogP contribution in [0.25, 0.3) is 56.4 Å². The topological polar surface area (TPSA) is 155 Å². The summed E-state index contributed by atoms with van der Waals surface area (Å²) in [5.41, 5.74) is 5.29. The van der Waals surface area contributed by atoms with Gasteiger partial charge in [0, 0.05) is 17.2 Å². The minimum atomic E-state index is -4.00. The van der Waals surface area contributed by atoms with Gasteiger partial charge in [0.2, 0.25) is 0 Å². The molecule has 13 heteroatoms. The molecule has 0 bridgehead atoms. The molecule has 0 saturated carbocycles. The van der Waals surface area contributed by atoms with Crippen LogP contribution in [0.2, 0.25) is 0 Å². The minimum absolute atomic E-state index is 0.0403. The Hall–Kier alpha value is -6.89. The van der Waals surface area contributed by atoms with Crippen LogP contribution in [0.4, 0.5) is 0 Å². The average Bonchev–Trinajstić information content (AvgIpc) is 3.33. The van der Waals surface area contributed by atoms with Gasteiger partial charge in [-0.2, -0.15) is 0 Å². The van der Waals surface area contributed by atoms with E-state index >= 15 is 0 Å². The number of alkyl halides is 1. The molecule has 7 rings (SSSR count). The number of aromatic hydroxyl groups is 1. The lowest BCUT2D eigenvalue weighted by Crippen LogP contribution is -2.45. The number of carbonyl (C=O) groups excluding carboxylic acids is 2. The lowest BCUT2D eigenvalue weighted by Gasteiger charge is -2.33. The summed E-state index contributed by atoms with van der Waals surface area (Å²) in [7, 11) is -4.00. The Morgan fingerprint density at radius 3 is 1.63 bits per heavy atom. The van der Waals surface area contributed by atoms with Crippen LogP contribution in [0.3, 0.4) is 0 Å². The molecule has 0 aliphatic heterocycles. The standard InChI is InChI=1S/C54H52ClN3O8S/c1-5-6-31-65-51(60)53(3,36-67(62,63)45-28-17-37(2)18-29-45)35-54(4,55)52(61)66-33-32-64-44-27-30-46(47(59)34-44)50-57-48(42-23-19-40(20-24-42)38-13-9-7-10-14-38)56-49(58-50)43-25-21-41(22-26-43)39-15-11-8-12-16-39/h7-30,34,59H,5-6,31-33,35-36H2,1-4H3. The Morgan fingerprint density at radius 1 is 0.612 bits per heavy atom. The zero-order valence-electron chi connectivity index (χ0n) is 37.8. The summed E-state index contributed by atoms with van der Waals surface area (Å²) in [5.74, 6) is -1.09. The molecule has 0 amide bonds. The van der Waals surface area contributed by atoms with Gasteiger partial charge in [-0.15, -0.1) is 11.6 Å². The molecule has 0 aliphatic carbocycles. The van der Waals surface area contributed by atoms with Crippen molar-refractivity contribution < 1.29 is 37.3 Å². The van der Waals surface area contributed by atoms with Crippen LogP contribution in [0.1, 0.15) is 45.6 Å². The number of ether oxygens (including phenoxy) is 3. The van der Waals surface area contributed by atoms with Gasteiger partial charge in [-0.25, -0.2) is 23.4 Å². The number of rotatable bonds is 19. The number of nitrogens with zero attached hydrogens (tertiary/aromatic N) is 3. The van der Waals surface area contributed by atoms with Crippen LogP contribution < -0.4 is 4.74 Å². The van der Waals surface area contributed by atoms with Crippen molar-refractivity contribution in [2.45, 2.75) is 56.7 Å². The highest BCUT2D eigenvalue weighted by Crippen LogP contribution is 2.38. The summed E-state index contributed by atoms with van der Waals surface area (Å²) in [6, 6.07) is 47.0. The molecule has 11 nitrogen and oxygen atoms in total. The number of phenolic OH excluding ortho intramolecular Hbond substituents is 1. The van der Waals surface area contributed by atoms with E-state index < -0.39 is 37.8 Å². The van der Waals surface area contributed by atoms with Crippen molar-refractivity contribution in [2.24, 2.45) is 5.41 Å². The van der Waals surface area contributed by atoms with Crippen LogP contribution in [-0.4, -0.2) is 70.9 Å². The van der Waals surface area contributed by atoms with Crippen molar-refractivity contribution in [2.75, 3.05) is 25.6 Å². The van der Waals surface area contributed by atoms with Gasteiger partial charge in [0.15, 0.2) is 27.3 Å². The maximum absolute atomic E-state index is 13.6. The monoisotopic (exact) mass is 937 g/mol. The zero-order chi connectivity index (χ0) is 47.6. The largest absolute Gasteiger partial charge is 0.507 e. The highest BCUT2D eigenvalue weighted by molar-refractivity contribution is 7.91. The normalized spacial score (nSPS) is 13.2. The molecule has 0 radical (unpaired) electrons. The van der Waals surface area contributed by atoms with Crippen LogP contribution in [0.15, 0.2) is 157 Å². The summed E-state index contributed by atoms with van der Waals surface area (Å²) < 4.78 is 44.0. The van der Waals surface area contributed by atoms with Crippen molar-refractivity contribution in [1.82, 2.24) is 15.0 Å². The predicted octanol–water partition coefficient (Wildman–Crippen LogP) is 11.4. The van der Waals surface area contributed by atoms with Gasteiger partial charge in [0.25, 0.3) is 0 Å². The van der Waals surface area contributed by atoms with Crippen LogP contribution in [-0.2, 0) is 28.9 Å². The lowest BCUT2D eigenvalue weighted by atomic mass is 9.82. The van der Waals surface area contributed by atoms with Gasteiger partial charge in [0.1, 0.15) is 29.6 Å². The molecule has 344 valence electrons. The highest BCUT2D eigenvalue weighted by Gasteiger charge is 2.48. The van der Waals surface area contributed by atoms with Crippen molar-refractivity contribution >= 4 is 33.4 Å². The van der Waals surface area contributed by atoms with E-state index in [4.69, 9.17) is 40.8 Å². The molecule has 0 saturated heterocycles. The molecule has 0 spiro atoms. The number of hydrogen-bond donors (Lipinski definition) is 1. The first-order chi connectivity index (χ1) is 32.1. The summed E-state index contributed by atoms with van der Waals surface area (Å²) in [6.07, 6.45) is 0.961. The van der Waals surface area contributed by atoms with Crippen molar-refractivity contribution in [3.05, 3.63) is 157 Å². The third-order valence-corrected chi connectivity index (χ3v) is 13.5. The number of hydrogen-bond acceptors (Lipinski definition) is 11. The fourth-order valence-electron chi connectivity index (χ4n) is 7.59.